The number of carbonyl (C=O) groups excluding carboxylic acids is 1. The molecule has 1 atom stereocenters. The van der Waals surface area contributed by atoms with Crippen LogP contribution in [-0.2, 0) is 0 Å². The average molecular weight is 295 g/mol. The summed E-state index contributed by atoms with van der Waals surface area (Å²) in [6, 6.07) is 0. The summed E-state index contributed by atoms with van der Waals surface area (Å²) in [5.41, 5.74) is 0.459. The second-order valence-corrected chi connectivity index (χ2v) is 6.06. The van der Waals surface area contributed by atoms with Gasteiger partial charge in [-0.1, -0.05) is 0 Å². The number of hydrogen-bond acceptors (Lipinski definition) is 5. The summed E-state index contributed by atoms with van der Waals surface area (Å²) in [4.78, 5) is 31.7. The Morgan fingerprint density at radius 2 is 2.20 bits per heavy atom. The van der Waals surface area contributed by atoms with E-state index in [4.69, 9.17) is 0 Å². The number of fused-ring (bicyclic) bond motifs is 1. The van der Waals surface area contributed by atoms with Crippen molar-refractivity contribution in [1.82, 2.24) is 14.3 Å². The first kappa shape index (κ1) is 14.7. The minimum absolute atomic E-state index is 0.0200. The maximum Gasteiger partial charge on any atom is 0.271 e. The summed E-state index contributed by atoms with van der Waals surface area (Å²) < 4.78 is 1.46. The largest absolute Gasteiger partial charge is 0.392 e. The molecule has 7 heteroatoms. The Bertz CT molecular complexity index is 717. The van der Waals surface area contributed by atoms with Crippen LogP contribution >= 0.6 is 11.3 Å². The van der Waals surface area contributed by atoms with E-state index in [1.165, 1.54) is 26.8 Å². The summed E-state index contributed by atoms with van der Waals surface area (Å²) in [6.07, 6.45) is 0.669. The second-order valence-electron chi connectivity index (χ2n) is 4.87. The van der Waals surface area contributed by atoms with Gasteiger partial charge in [0.25, 0.3) is 11.5 Å². The van der Waals surface area contributed by atoms with Gasteiger partial charge in [-0.25, -0.2) is 4.98 Å². The number of thiazole rings is 1. The quantitative estimate of drug-likeness (QED) is 0.910. The van der Waals surface area contributed by atoms with E-state index >= 15 is 0 Å². The topological polar surface area (TPSA) is 74.9 Å². The number of aromatic nitrogens is 2. The van der Waals surface area contributed by atoms with Crippen molar-refractivity contribution in [2.24, 2.45) is 0 Å². The van der Waals surface area contributed by atoms with E-state index in [9.17, 15) is 14.7 Å². The van der Waals surface area contributed by atoms with Crippen LogP contribution in [0.5, 0.6) is 0 Å². The lowest BCUT2D eigenvalue weighted by molar-refractivity contribution is 0.0701. The summed E-state index contributed by atoms with van der Waals surface area (Å²) in [6.45, 7) is 5.50. The van der Waals surface area contributed by atoms with Gasteiger partial charge in [0.15, 0.2) is 4.96 Å². The van der Waals surface area contributed by atoms with Crippen molar-refractivity contribution in [3.63, 3.8) is 0 Å². The van der Waals surface area contributed by atoms with E-state index in [0.29, 0.717) is 4.96 Å². The van der Waals surface area contributed by atoms with Crippen molar-refractivity contribution < 1.29 is 9.90 Å². The van der Waals surface area contributed by atoms with E-state index in [1.54, 1.807) is 14.0 Å². The Morgan fingerprint density at radius 1 is 1.55 bits per heavy atom. The van der Waals surface area contributed by atoms with Crippen LogP contribution in [0.15, 0.2) is 11.0 Å². The Kier molecular flexibility index (Phi) is 3.92. The SMILES string of the molecule is Cc1sc2ncc(C(=O)N(C)CC(C)O)c(=O)n2c1C. The van der Waals surface area contributed by atoms with Gasteiger partial charge in [-0.15, -0.1) is 11.3 Å². The molecular weight excluding hydrogens is 278 g/mol. The number of likely N-dealkylation sites (N-methyl/N-ethyl adjacent to an activating group) is 1. The molecule has 0 aliphatic heterocycles. The molecule has 2 heterocycles. The molecule has 0 saturated heterocycles. The van der Waals surface area contributed by atoms with Gasteiger partial charge in [0, 0.05) is 30.4 Å². The number of carbonyl (C=O) groups is 1. The molecule has 0 fully saturated rings. The lowest BCUT2D eigenvalue weighted by atomic mass is 10.2. The fourth-order valence-electron chi connectivity index (χ4n) is 2.01. The molecule has 0 aliphatic rings. The van der Waals surface area contributed by atoms with Crippen LogP contribution in [0.2, 0.25) is 0 Å². The van der Waals surface area contributed by atoms with Gasteiger partial charge in [0.1, 0.15) is 5.56 Å². The van der Waals surface area contributed by atoms with Crippen molar-refractivity contribution in [1.29, 1.82) is 0 Å². The smallest absolute Gasteiger partial charge is 0.271 e. The molecule has 20 heavy (non-hydrogen) atoms. The zero-order valence-electron chi connectivity index (χ0n) is 11.9. The molecule has 0 radical (unpaired) electrons. The van der Waals surface area contributed by atoms with Crippen LogP contribution in [0.25, 0.3) is 4.96 Å². The number of amides is 1. The fourth-order valence-corrected chi connectivity index (χ4v) is 2.94. The van der Waals surface area contributed by atoms with Crippen LogP contribution < -0.4 is 5.56 Å². The zero-order valence-corrected chi connectivity index (χ0v) is 12.7. The molecule has 2 rings (SSSR count). The predicted octanol–water partition coefficient (Wildman–Crippen LogP) is 0.826. The highest BCUT2D eigenvalue weighted by molar-refractivity contribution is 7.17. The molecule has 6 nitrogen and oxygen atoms in total. The Morgan fingerprint density at radius 3 is 2.80 bits per heavy atom. The third-order valence-corrected chi connectivity index (χ3v) is 4.21. The van der Waals surface area contributed by atoms with E-state index in [0.717, 1.165) is 10.6 Å². The first-order chi connectivity index (χ1) is 9.32. The third kappa shape index (κ3) is 2.46. The molecule has 0 saturated carbocycles. The Labute approximate surface area is 120 Å². The van der Waals surface area contributed by atoms with Crippen molar-refractivity contribution in [3.8, 4) is 0 Å². The standard InChI is InChI=1S/C13H17N3O3S/c1-7(17)6-15(4)11(18)10-5-14-13-16(12(10)19)8(2)9(3)20-13/h5,7,17H,6H2,1-4H3. The van der Waals surface area contributed by atoms with E-state index in [1.807, 2.05) is 13.8 Å². The van der Waals surface area contributed by atoms with Crippen LogP contribution in [0, 0.1) is 13.8 Å². The summed E-state index contributed by atoms with van der Waals surface area (Å²) in [7, 11) is 1.55. The summed E-state index contributed by atoms with van der Waals surface area (Å²) >= 11 is 1.42. The maximum atomic E-state index is 12.4. The molecule has 1 amide bonds. The molecule has 2 aromatic heterocycles. The third-order valence-electron chi connectivity index (χ3n) is 3.13. The van der Waals surface area contributed by atoms with Crippen LogP contribution in [0.4, 0.5) is 0 Å². The lowest BCUT2D eigenvalue weighted by Crippen LogP contribution is -2.37. The normalized spacial score (nSPS) is 12.7. The van der Waals surface area contributed by atoms with Crippen LogP contribution in [0.1, 0.15) is 27.9 Å². The second kappa shape index (κ2) is 5.34. The highest BCUT2D eigenvalue weighted by Gasteiger charge is 2.20. The molecule has 0 bridgehead atoms. The number of nitrogens with zero attached hydrogens (tertiary/aromatic N) is 3. The number of hydrogen-bond donors (Lipinski definition) is 1. The van der Waals surface area contributed by atoms with Gasteiger partial charge in [0.05, 0.1) is 6.10 Å². The van der Waals surface area contributed by atoms with E-state index in [2.05, 4.69) is 4.98 Å². The van der Waals surface area contributed by atoms with Gasteiger partial charge in [-0.3, -0.25) is 14.0 Å². The lowest BCUT2D eigenvalue weighted by Gasteiger charge is -2.18. The molecule has 108 valence electrons. The van der Waals surface area contributed by atoms with Gasteiger partial charge in [-0.2, -0.15) is 0 Å². The molecule has 1 N–H and O–H groups in total. The predicted molar refractivity (Wildman–Crippen MR) is 77.5 cm³/mol. The van der Waals surface area contributed by atoms with Crippen molar-refractivity contribution in [3.05, 3.63) is 32.7 Å². The maximum absolute atomic E-state index is 12.4. The summed E-state index contributed by atoms with van der Waals surface area (Å²) in [5, 5.41) is 9.32. The first-order valence-electron chi connectivity index (χ1n) is 6.24. The fraction of sp³-hybridized carbons (Fsp3) is 0.462. The van der Waals surface area contributed by atoms with Crippen LogP contribution in [0.3, 0.4) is 0 Å². The zero-order chi connectivity index (χ0) is 15.0. The minimum atomic E-state index is -0.645. The molecule has 0 aliphatic carbocycles. The number of rotatable bonds is 3. The molecule has 0 aromatic carbocycles. The average Bonchev–Trinajstić information content (AvgIpc) is 2.64. The van der Waals surface area contributed by atoms with Crippen molar-refractivity contribution >= 4 is 22.2 Å². The van der Waals surface area contributed by atoms with Crippen molar-refractivity contribution in [2.75, 3.05) is 13.6 Å². The van der Waals surface area contributed by atoms with Gasteiger partial charge >= 0.3 is 0 Å². The summed E-state index contributed by atoms with van der Waals surface area (Å²) in [5.74, 6) is -0.430. The first-order valence-corrected chi connectivity index (χ1v) is 7.06. The minimum Gasteiger partial charge on any atom is -0.392 e. The number of aliphatic hydroxyl groups is 1. The van der Waals surface area contributed by atoms with Gasteiger partial charge < -0.3 is 10.0 Å². The Hall–Kier alpha value is -1.73. The van der Waals surface area contributed by atoms with Crippen LogP contribution in [-0.4, -0.2) is 45.0 Å². The van der Waals surface area contributed by atoms with E-state index in [-0.39, 0.29) is 17.7 Å². The number of aliphatic hydroxyl groups excluding tert-OH is 1. The van der Waals surface area contributed by atoms with E-state index < -0.39 is 12.0 Å². The molecule has 2 aromatic rings. The highest BCUT2D eigenvalue weighted by Crippen LogP contribution is 2.18. The van der Waals surface area contributed by atoms with Gasteiger partial charge in [-0.05, 0) is 20.8 Å². The van der Waals surface area contributed by atoms with Crippen molar-refractivity contribution in [2.45, 2.75) is 26.9 Å². The highest BCUT2D eigenvalue weighted by atomic mass is 32.1. The monoisotopic (exact) mass is 295 g/mol. The number of aryl methyl sites for hydroxylation is 2. The van der Waals surface area contributed by atoms with Gasteiger partial charge in [0.2, 0.25) is 0 Å². The Balaban J connectivity index is 2.51. The molecule has 0 spiro atoms. The molecule has 1 unspecified atom stereocenters. The molecular formula is C13H17N3O3S.